The quantitative estimate of drug-likeness (QED) is 0.149. The molecule has 0 saturated heterocycles. The Morgan fingerprint density at radius 2 is 1.39 bits per heavy atom. The Kier molecular flexibility index (Phi) is 15.6. The third-order valence-electron chi connectivity index (χ3n) is 6.43. The molecule has 0 aromatic rings. The van der Waals surface area contributed by atoms with Gasteiger partial charge in [0.2, 0.25) is 0 Å². The molecule has 0 aromatic heterocycles. The lowest BCUT2D eigenvalue weighted by Crippen LogP contribution is -2.52. The van der Waals surface area contributed by atoms with Crippen molar-refractivity contribution in [3.63, 3.8) is 0 Å². The molecular weight excluding hydrogens is 344 g/mol. The van der Waals surface area contributed by atoms with Crippen LogP contribution in [-0.2, 0) is 0 Å². The highest BCUT2D eigenvalue weighted by molar-refractivity contribution is 5.77. The number of rotatable bonds is 19. The Bertz CT molecular complexity index is 419. The number of aliphatic imine (C=N–C) groups is 1. The fraction of sp³-hybridized carbons (Fsp3) is 0.880. The first-order valence-corrected chi connectivity index (χ1v) is 12.4. The van der Waals surface area contributed by atoms with Crippen LogP contribution in [0.5, 0.6) is 0 Å². The monoisotopic (exact) mass is 393 g/mol. The lowest BCUT2D eigenvalue weighted by molar-refractivity contribution is -0.835. The maximum atomic E-state index is 9.37. The van der Waals surface area contributed by atoms with Gasteiger partial charge in [-0.15, -0.1) is 0 Å². The molecular formula is C25H49N2O+. The van der Waals surface area contributed by atoms with Gasteiger partial charge in [0.05, 0.1) is 19.7 Å². The fourth-order valence-corrected chi connectivity index (χ4v) is 4.45. The molecule has 1 rings (SSSR count). The average molecular weight is 394 g/mol. The van der Waals surface area contributed by atoms with Crippen molar-refractivity contribution >= 4 is 5.84 Å². The summed E-state index contributed by atoms with van der Waals surface area (Å²) in [6.45, 7) is 8.68. The second-order valence-electron chi connectivity index (χ2n) is 8.62. The SMILES string of the molecule is CCCCCCCCCCCCCC/C=C/CCC1=NCC[N+]1(CC)CCO. The van der Waals surface area contributed by atoms with E-state index in [1.165, 1.54) is 89.3 Å². The van der Waals surface area contributed by atoms with Crippen LogP contribution in [0, 0.1) is 0 Å². The smallest absolute Gasteiger partial charge is 0.198 e. The highest BCUT2D eigenvalue weighted by atomic mass is 16.3. The van der Waals surface area contributed by atoms with Crippen LogP contribution in [0.4, 0.5) is 0 Å². The second-order valence-corrected chi connectivity index (χ2v) is 8.62. The van der Waals surface area contributed by atoms with Crippen LogP contribution in [0.3, 0.4) is 0 Å². The highest BCUT2D eigenvalue weighted by Crippen LogP contribution is 2.18. The molecule has 1 aliphatic heterocycles. The van der Waals surface area contributed by atoms with Crippen molar-refractivity contribution in [1.82, 2.24) is 0 Å². The molecule has 28 heavy (non-hydrogen) atoms. The lowest BCUT2D eigenvalue weighted by Gasteiger charge is -2.32. The van der Waals surface area contributed by atoms with E-state index in [1.807, 2.05) is 0 Å². The Morgan fingerprint density at radius 3 is 1.96 bits per heavy atom. The van der Waals surface area contributed by atoms with Gasteiger partial charge in [0, 0.05) is 6.42 Å². The lowest BCUT2D eigenvalue weighted by atomic mass is 10.0. The molecule has 0 aliphatic carbocycles. The molecule has 1 atom stereocenters. The van der Waals surface area contributed by atoms with E-state index in [0.29, 0.717) is 0 Å². The molecule has 0 radical (unpaired) electrons. The molecule has 0 aromatic carbocycles. The van der Waals surface area contributed by atoms with Gasteiger partial charge in [0.1, 0.15) is 13.1 Å². The number of hydrogen-bond acceptors (Lipinski definition) is 2. The summed E-state index contributed by atoms with van der Waals surface area (Å²) in [5, 5.41) is 9.37. The molecule has 3 heteroatoms. The van der Waals surface area contributed by atoms with Crippen LogP contribution in [-0.4, -0.2) is 48.2 Å². The van der Waals surface area contributed by atoms with Gasteiger partial charge in [0.25, 0.3) is 0 Å². The maximum absolute atomic E-state index is 9.37. The average Bonchev–Trinajstić information content (AvgIpc) is 3.11. The fourth-order valence-electron chi connectivity index (χ4n) is 4.45. The Labute approximate surface area is 175 Å². The summed E-state index contributed by atoms with van der Waals surface area (Å²) in [4.78, 5) is 4.73. The molecule has 0 amide bonds. The first-order chi connectivity index (χ1) is 13.8. The normalized spacial score (nSPS) is 19.6. The van der Waals surface area contributed by atoms with E-state index in [4.69, 9.17) is 4.99 Å². The number of hydrogen-bond donors (Lipinski definition) is 1. The van der Waals surface area contributed by atoms with Crippen LogP contribution in [0.25, 0.3) is 0 Å². The van der Waals surface area contributed by atoms with E-state index in [9.17, 15) is 5.11 Å². The molecule has 0 saturated carbocycles. The summed E-state index contributed by atoms with van der Waals surface area (Å²) >= 11 is 0. The number of amidine groups is 1. The summed E-state index contributed by atoms with van der Waals surface area (Å²) in [5.41, 5.74) is 0. The topological polar surface area (TPSA) is 32.6 Å². The molecule has 0 bridgehead atoms. The van der Waals surface area contributed by atoms with Crippen molar-refractivity contribution in [2.75, 3.05) is 32.8 Å². The van der Waals surface area contributed by atoms with Crippen LogP contribution in [0.1, 0.15) is 110 Å². The van der Waals surface area contributed by atoms with Crippen molar-refractivity contribution < 1.29 is 9.59 Å². The van der Waals surface area contributed by atoms with Crippen LogP contribution >= 0.6 is 0 Å². The zero-order valence-corrected chi connectivity index (χ0v) is 19.1. The van der Waals surface area contributed by atoms with Crippen molar-refractivity contribution in [2.24, 2.45) is 4.99 Å². The molecule has 1 aliphatic rings. The van der Waals surface area contributed by atoms with Gasteiger partial charge in [-0.1, -0.05) is 89.7 Å². The first kappa shape index (κ1) is 25.4. The van der Waals surface area contributed by atoms with E-state index in [2.05, 4.69) is 26.0 Å². The Hall–Kier alpha value is -0.670. The van der Waals surface area contributed by atoms with Gasteiger partial charge in [-0.25, -0.2) is 4.99 Å². The van der Waals surface area contributed by atoms with Crippen LogP contribution in [0.2, 0.25) is 0 Å². The maximum Gasteiger partial charge on any atom is 0.198 e. The number of unbranched alkanes of at least 4 members (excludes halogenated alkanes) is 12. The van der Waals surface area contributed by atoms with Crippen molar-refractivity contribution in [3.05, 3.63) is 12.2 Å². The minimum absolute atomic E-state index is 0.266. The van der Waals surface area contributed by atoms with Gasteiger partial charge in [-0.2, -0.15) is 0 Å². The van der Waals surface area contributed by atoms with Crippen molar-refractivity contribution in [3.8, 4) is 0 Å². The Balaban J connectivity index is 1.92. The molecule has 0 fully saturated rings. The van der Waals surface area contributed by atoms with E-state index in [0.717, 1.165) is 43.5 Å². The molecule has 3 nitrogen and oxygen atoms in total. The summed E-state index contributed by atoms with van der Waals surface area (Å²) in [7, 11) is 0. The number of aliphatic hydroxyl groups is 1. The van der Waals surface area contributed by atoms with Gasteiger partial charge < -0.3 is 5.11 Å². The third kappa shape index (κ3) is 10.8. The van der Waals surface area contributed by atoms with E-state index in [1.54, 1.807) is 0 Å². The van der Waals surface area contributed by atoms with Gasteiger partial charge >= 0.3 is 0 Å². The predicted molar refractivity (Wildman–Crippen MR) is 124 cm³/mol. The van der Waals surface area contributed by atoms with Gasteiger partial charge in [0.15, 0.2) is 5.84 Å². The summed E-state index contributed by atoms with van der Waals surface area (Å²) in [6, 6.07) is 0. The minimum atomic E-state index is 0.266. The molecule has 1 N–H and O–H groups in total. The van der Waals surface area contributed by atoms with Crippen molar-refractivity contribution in [1.29, 1.82) is 0 Å². The zero-order valence-electron chi connectivity index (χ0n) is 19.1. The van der Waals surface area contributed by atoms with E-state index >= 15 is 0 Å². The van der Waals surface area contributed by atoms with Crippen LogP contribution < -0.4 is 0 Å². The first-order valence-electron chi connectivity index (χ1n) is 12.4. The second kappa shape index (κ2) is 17.2. The highest BCUT2D eigenvalue weighted by Gasteiger charge is 2.35. The summed E-state index contributed by atoms with van der Waals surface area (Å²) in [5.74, 6) is 1.31. The molecule has 1 heterocycles. The minimum Gasteiger partial charge on any atom is -0.390 e. The summed E-state index contributed by atoms with van der Waals surface area (Å²) < 4.78 is 0.920. The van der Waals surface area contributed by atoms with Crippen molar-refractivity contribution in [2.45, 2.75) is 110 Å². The summed E-state index contributed by atoms with van der Waals surface area (Å²) in [6.07, 6.45) is 25.2. The number of likely N-dealkylation sites (N-methyl/N-ethyl adjacent to an activating group) is 1. The molecule has 1 unspecified atom stereocenters. The molecule has 164 valence electrons. The van der Waals surface area contributed by atoms with Crippen LogP contribution in [0.15, 0.2) is 17.1 Å². The van der Waals surface area contributed by atoms with Gasteiger partial charge in [-0.05, 0) is 26.2 Å². The number of aliphatic hydroxyl groups excluding tert-OH is 1. The number of nitrogens with zero attached hydrogens (tertiary/aromatic N) is 2. The number of quaternary nitrogens is 1. The Morgan fingerprint density at radius 1 is 0.821 bits per heavy atom. The van der Waals surface area contributed by atoms with E-state index in [-0.39, 0.29) is 6.61 Å². The zero-order chi connectivity index (χ0) is 20.3. The standard InChI is InChI=1S/C25H49N2O/c1-3-5-6-7-8-9-10-11-12-13-14-15-16-17-18-19-20-25-26-21-22-27(25,4-2)23-24-28/h17-18,28H,3-16,19-24H2,1-2H3/q+1/b18-17+. The largest absolute Gasteiger partial charge is 0.390 e. The van der Waals surface area contributed by atoms with E-state index < -0.39 is 0 Å². The number of allylic oxidation sites excluding steroid dienone is 2. The van der Waals surface area contributed by atoms with Gasteiger partial charge in [-0.3, -0.25) is 4.48 Å². The predicted octanol–water partition coefficient (Wildman–Crippen LogP) is 6.66. The molecule has 0 spiro atoms. The third-order valence-corrected chi connectivity index (χ3v) is 6.43.